The predicted molar refractivity (Wildman–Crippen MR) is 56.0 cm³/mol. The molecule has 0 amide bonds. The van der Waals surface area contributed by atoms with Crippen molar-refractivity contribution in [3.8, 4) is 5.75 Å². The summed E-state index contributed by atoms with van der Waals surface area (Å²) >= 11 is 0. The predicted octanol–water partition coefficient (Wildman–Crippen LogP) is 2.25. The number of carbonyl (C=O) groups is 1. The minimum atomic E-state index is -0.803. The summed E-state index contributed by atoms with van der Waals surface area (Å²) in [6.07, 6.45) is 3.97. The average Bonchev–Trinajstić information content (AvgIpc) is 2.13. The van der Waals surface area contributed by atoms with Gasteiger partial charge in [-0.2, -0.15) is 0 Å². The summed E-state index contributed by atoms with van der Waals surface area (Å²) < 4.78 is 5.66. The van der Waals surface area contributed by atoms with Crippen molar-refractivity contribution in [1.82, 2.24) is 0 Å². The van der Waals surface area contributed by atoms with Gasteiger partial charge in [0.05, 0.1) is 12.5 Å². The number of hydrogen-bond acceptors (Lipinski definition) is 2. The zero-order chi connectivity index (χ0) is 10.7. The van der Waals surface area contributed by atoms with Gasteiger partial charge in [-0.25, -0.2) is 0 Å². The highest BCUT2D eigenvalue weighted by Crippen LogP contribution is 2.25. The van der Waals surface area contributed by atoms with Crippen LogP contribution >= 0.6 is 0 Å². The third-order valence-corrected chi connectivity index (χ3v) is 2.63. The van der Waals surface area contributed by atoms with Crippen molar-refractivity contribution in [2.24, 2.45) is 0 Å². The molecule has 1 saturated carbocycles. The number of carboxylic acid groups (broad SMARTS) is 1. The Bertz CT molecular complexity index is 338. The molecular formula is C12H14O3. The van der Waals surface area contributed by atoms with Gasteiger partial charge < -0.3 is 9.84 Å². The third-order valence-electron chi connectivity index (χ3n) is 2.63. The molecule has 1 aromatic rings. The molecule has 1 aliphatic carbocycles. The summed E-state index contributed by atoms with van der Waals surface area (Å²) in [6.45, 7) is 0. The van der Waals surface area contributed by atoms with E-state index in [1.165, 1.54) is 6.42 Å². The summed E-state index contributed by atoms with van der Waals surface area (Å²) in [6, 6.07) is 7.30. The Kier molecular flexibility index (Phi) is 2.90. The van der Waals surface area contributed by atoms with Crippen molar-refractivity contribution in [2.75, 3.05) is 0 Å². The lowest BCUT2D eigenvalue weighted by molar-refractivity contribution is -0.136. The van der Waals surface area contributed by atoms with Gasteiger partial charge >= 0.3 is 5.97 Å². The normalized spacial score (nSPS) is 15.7. The molecule has 80 valence electrons. The second-order valence-electron chi connectivity index (χ2n) is 3.89. The fourth-order valence-corrected chi connectivity index (χ4v) is 1.54. The molecule has 1 aliphatic rings. The first-order valence-corrected chi connectivity index (χ1v) is 5.21. The summed E-state index contributed by atoms with van der Waals surface area (Å²) in [4.78, 5) is 10.5. The largest absolute Gasteiger partial charge is 0.490 e. The fourth-order valence-electron chi connectivity index (χ4n) is 1.54. The quantitative estimate of drug-likeness (QED) is 0.821. The fraction of sp³-hybridized carbons (Fsp3) is 0.417. The molecule has 15 heavy (non-hydrogen) atoms. The number of carboxylic acids is 1. The van der Waals surface area contributed by atoms with Crippen LogP contribution in [-0.4, -0.2) is 17.2 Å². The van der Waals surface area contributed by atoms with Crippen LogP contribution in [-0.2, 0) is 11.2 Å². The van der Waals surface area contributed by atoms with E-state index in [0.29, 0.717) is 6.10 Å². The van der Waals surface area contributed by atoms with E-state index in [1.807, 2.05) is 24.3 Å². The Hall–Kier alpha value is -1.51. The lowest BCUT2D eigenvalue weighted by atomic mass is 9.96. The van der Waals surface area contributed by atoms with Crippen molar-refractivity contribution in [1.29, 1.82) is 0 Å². The number of rotatable bonds is 4. The van der Waals surface area contributed by atoms with Crippen LogP contribution in [0.3, 0.4) is 0 Å². The van der Waals surface area contributed by atoms with Gasteiger partial charge in [0, 0.05) is 0 Å². The summed E-state index contributed by atoms with van der Waals surface area (Å²) in [5, 5.41) is 8.60. The molecule has 0 aliphatic heterocycles. The van der Waals surface area contributed by atoms with Crippen molar-refractivity contribution >= 4 is 5.97 Å². The van der Waals surface area contributed by atoms with E-state index in [0.717, 1.165) is 24.2 Å². The molecule has 0 spiro atoms. The SMILES string of the molecule is O=C(O)Cc1ccc(OC2CCC2)cc1. The van der Waals surface area contributed by atoms with Crippen LogP contribution < -0.4 is 4.74 Å². The number of aliphatic carboxylic acids is 1. The Morgan fingerprint density at radius 2 is 2.00 bits per heavy atom. The molecule has 2 rings (SSSR count). The Balaban J connectivity index is 1.93. The zero-order valence-corrected chi connectivity index (χ0v) is 8.48. The van der Waals surface area contributed by atoms with Crippen LogP contribution in [0.5, 0.6) is 5.75 Å². The average molecular weight is 206 g/mol. The highest BCUT2D eigenvalue weighted by Gasteiger charge is 2.18. The van der Waals surface area contributed by atoms with E-state index in [1.54, 1.807) is 0 Å². The second-order valence-corrected chi connectivity index (χ2v) is 3.89. The Labute approximate surface area is 88.7 Å². The van der Waals surface area contributed by atoms with Gasteiger partial charge in [0.1, 0.15) is 5.75 Å². The topological polar surface area (TPSA) is 46.5 Å². The van der Waals surface area contributed by atoms with Gasteiger partial charge in [-0.15, -0.1) is 0 Å². The molecule has 0 unspecified atom stereocenters. The highest BCUT2D eigenvalue weighted by molar-refractivity contribution is 5.70. The van der Waals surface area contributed by atoms with Gasteiger partial charge in [0.15, 0.2) is 0 Å². The maximum atomic E-state index is 10.5. The van der Waals surface area contributed by atoms with Gasteiger partial charge in [0.2, 0.25) is 0 Å². The molecular weight excluding hydrogens is 192 g/mol. The van der Waals surface area contributed by atoms with Crippen molar-refractivity contribution < 1.29 is 14.6 Å². The Morgan fingerprint density at radius 3 is 2.47 bits per heavy atom. The summed E-state index contributed by atoms with van der Waals surface area (Å²) in [5.74, 6) is 0.0384. The maximum absolute atomic E-state index is 10.5. The van der Waals surface area contributed by atoms with E-state index in [9.17, 15) is 4.79 Å². The molecule has 0 radical (unpaired) electrons. The van der Waals surface area contributed by atoms with Crippen LogP contribution in [0.2, 0.25) is 0 Å². The minimum Gasteiger partial charge on any atom is -0.490 e. The monoisotopic (exact) mass is 206 g/mol. The van der Waals surface area contributed by atoms with Crippen molar-refractivity contribution in [3.05, 3.63) is 29.8 Å². The molecule has 3 nitrogen and oxygen atoms in total. The van der Waals surface area contributed by atoms with E-state index in [2.05, 4.69) is 0 Å². The first-order chi connectivity index (χ1) is 7.24. The molecule has 0 atom stereocenters. The van der Waals surface area contributed by atoms with Gasteiger partial charge in [-0.3, -0.25) is 4.79 Å². The number of benzene rings is 1. The molecule has 1 fully saturated rings. The molecule has 0 heterocycles. The Morgan fingerprint density at radius 1 is 1.33 bits per heavy atom. The van der Waals surface area contributed by atoms with E-state index in [4.69, 9.17) is 9.84 Å². The van der Waals surface area contributed by atoms with Crippen molar-refractivity contribution in [3.63, 3.8) is 0 Å². The van der Waals surface area contributed by atoms with E-state index < -0.39 is 5.97 Å². The highest BCUT2D eigenvalue weighted by atomic mass is 16.5. The van der Waals surface area contributed by atoms with Crippen LogP contribution in [0.4, 0.5) is 0 Å². The summed E-state index contributed by atoms with van der Waals surface area (Å²) in [5.41, 5.74) is 0.809. The van der Waals surface area contributed by atoms with Crippen LogP contribution in [0, 0.1) is 0 Å². The first kappa shape index (κ1) is 10.0. The van der Waals surface area contributed by atoms with Crippen LogP contribution in [0.25, 0.3) is 0 Å². The zero-order valence-electron chi connectivity index (χ0n) is 8.48. The summed E-state index contributed by atoms with van der Waals surface area (Å²) in [7, 11) is 0. The molecule has 0 aromatic heterocycles. The third kappa shape index (κ3) is 2.72. The minimum absolute atomic E-state index is 0.0731. The molecule has 0 bridgehead atoms. The molecule has 0 saturated heterocycles. The molecule has 1 N–H and O–H groups in total. The maximum Gasteiger partial charge on any atom is 0.307 e. The number of hydrogen-bond donors (Lipinski definition) is 1. The first-order valence-electron chi connectivity index (χ1n) is 5.21. The van der Waals surface area contributed by atoms with Crippen molar-refractivity contribution in [2.45, 2.75) is 31.8 Å². The van der Waals surface area contributed by atoms with Gasteiger partial charge in [0.25, 0.3) is 0 Å². The molecule has 3 heteroatoms. The van der Waals surface area contributed by atoms with Gasteiger partial charge in [-0.05, 0) is 37.0 Å². The van der Waals surface area contributed by atoms with Crippen LogP contribution in [0.15, 0.2) is 24.3 Å². The smallest absolute Gasteiger partial charge is 0.307 e. The standard InChI is InChI=1S/C12H14O3/c13-12(14)8-9-4-6-11(7-5-9)15-10-2-1-3-10/h4-7,10H,1-3,8H2,(H,13,14). The lowest BCUT2D eigenvalue weighted by Gasteiger charge is -2.26. The van der Waals surface area contributed by atoms with E-state index >= 15 is 0 Å². The van der Waals surface area contributed by atoms with Gasteiger partial charge in [-0.1, -0.05) is 12.1 Å². The second kappa shape index (κ2) is 4.34. The molecule has 1 aromatic carbocycles. The van der Waals surface area contributed by atoms with E-state index in [-0.39, 0.29) is 6.42 Å². The number of ether oxygens (including phenoxy) is 1. The van der Waals surface area contributed by atoms with Crippen LogP contribution in [0.1, 0.15) is 24.8 Å². The lowest BCUT2D eigenvalue weighted by Crippen LogP contribution is -2.24.